The van der Waals surface area contributed by atoms with E-state index in [0.29, 0.717) is 5.92 Å². The van der Waals surface area contributed by atoms with Crippen LogP contribution in [0.15, 0.2) is 24.3 Å². The van der Waals surface area contributed by atoms with Crippen molar-refractivity contribution in [3.8, 4) is 0 Å². The van der Waals surface area contributed by atoms with Crippen molar-refractivity contribution in [1.29, 1.82) is 0 Å². The predicted molar refractivity (Wildman–Crippen MR) is 80.0 cm³/mol. The molecule has 1 atom stereocenters. The van der Waals surface area contributed by atoms with Gasteiger partial charge in [0.1, 0.15) is 0 Å². The van der Waals surface area contributed by atoms with Gasteiger partial charge in [0.2, 0.25) is 0 Å². The number of nitrogens with one attached hydrogen (secondary N) is 1. The highest BCUT2D eigenvalue weighted by atomic mass is 15.1. The van der Waals surface area contributed by atoms with E-state index < -0.39 is 0 Å². The molecule has 1 aromatic rings. The van der Waals surface area contributed by atoms with Gasteiger partial charge in [-0.2, -0.15) is 0 Å². The van der Waals surface area contributed by atoms with Crippen molar-refractivity contribution in [2.45, 2.75) is 33.2 Å². The van der Waals surface area contributed by atoms with E-state index >= 15 is 0 Å². The van der Waals surface area contributed by atoms with E-state index in [2.05, 4.69) is 62.3 Å². The number of hydrogen-bond acceptors (Lipinski definition) is 2. The topological polar surface area (TPSA) is 15.3 Å². The van der Waals surface area contributed by atoms with Crippen molar-refractivity contribution in [2.24, 2.45) is 5.92 Å². The fourth-order valence-electron chi connectivity index (χ4n) is 2.38. The zero-order valence-corrected chi connectivity index (χ0v) is 12.5. The summed E-state index contributed by atoms with van der Waals surface area (Å²) in [6, 6.07) is 9.05. The van der Waals surface area contributed by atoms with Gasteiger partial charge in [0.05, 0.1) is 0 Å². The second-order valence-corrected chi connectivity index (χ2v) is 5.79. The van der Waals surface area contributed by atoms with E-state index in [1.807, 2.05) is 7.05 Å². The molecule has 102 valence electrons. The number of likely N-dealkylation sites (N-methyl/N-ethyl adjacent to an activating group) is 1. The maximum atomic E-state index is 3.23. The van der Waals surface area contributed by atoms with E-state index in [0.717, 1.165) is 25.6 Å². The van der Waals surface area contributed by atoms with Gasteiger partial charge in [-0.1, -0.05) is 45.0 Å². The zero-order valence-electron chi connectivity index (χ0n) is 12.5. The van der Waals surface area contributed by atoms with Crippen molar-refractivity contribution in [1.82, 2.24) is 10.2 Å². The first-order chi connectivity index (χ1) is 8.52. The Labute approximate surface area is 112 Å². The third kappa shape index (κ3) is 5.19. The molecule has 0 spiro atoms. The third-order valence-corrected chi connectivity index (χ3v) is 3.19. The fraction of sp³-hybridized carbons (Fsp3) is 0.625. The highest BCUT2D eigenvalue weighted by molar-refractivity contribution is 5.25. The third-order valence-electron chi connectivity index (χ3n) is 3.19. The summed E-state index contributed by atoms with van der Waals surface area (Å²) in [5, 5.41) is 3.23. The van der Waals surface area contributed by atoms with Gasteiger partial charge in [0, 0.05) is 19.6 Å². The Bertz CT molecular complexity index is 329. The summed E-state index contributed by atoms with van der Waals surface area (Å²) in [6.07, 6.45) is 0. The molecule has 0 heterocycles. The minimum Gasteiger partial charge on any atom is -0.319 e. The van der Waals surface area contributed by atoms with Crippen LogP contribution in [-0.4, -0.2) is 32.1 Å². The van der Waals surface area contributed by atoms with Crippen LogP contribution in [0.25, 0.3) is 0 Å². The Kier molecular flexibility index (Phi) is 6.37. The zero-order chi connectivity index (χ0) is 13.5. The molecule has 0 aliphatic rings. The van der Waals surface area contributed by atoms with Gasteiger partial charge in [0.15, 0.2) is 0 Å². The minimum absolute atomic E-state index is 0.581. The summed E-state index contributed by atoms with van der Waals surface area (Å²) in [7, 11) is 4.20. The molecule has 1 aromatic carbocycles. The molecule has 0 aliphatic carbocycles. The molecule has 0 fully saturated rings. The lowest BCUT2D eigenvalue weighted by Crippen LogP contribution is -2.22. The summed E-state index contributed by atoms with van der Waals surface area (Å²) >= 11 is 0. The van der Waals surface area contributed by atoms with E-state index in [1.165, 1.54) is 11.1 Å². The lowest BCUT2D eigenvalue weighted by atomic mass is 10.00. The number of hydrogen-bond donors (Lipinski definition) is 1. The van der Waals surface area contributed by atoms with Gasteiger partial charge >= 0.3 is 0 Å². The average Bonchev–Trinajstić information content (AvgIpc) is 2.29. The van der Waals surface area contributed by atoms with Crippen LogP contribution in [0.5, 0.6) is 0 Å². The van der Waals surface area contributed by atoms with Crippen LogP contribution in [0.4, 0.5) is 0 Å². The van der Waals surface area contributed by atoms with Gasteiger partial charge < -0.3 is 10.2 Å². The summed E-state index contributed by atoms with van der Waals surface area (Å²) < 4.78 is 0. The molecule has 0 aromatic heterocycles. The van der Waals surface area contributed by atoms with Crippen molar-refractivity contribution in [3.05, 3.63) is 35.4 Å². The van der Waals surface area contributed by atoms with Crippen LogP contribution >= 0.6 is 0 Å². The molecular formula is C16H28N2. The maximum Gasteiger partial charge on any atom is 0.0230 e. The molecule has 2 heteroatoms. The molecular weight excluding hydrogens is 220 g/mol. The highest BCUT2D eigenvalue weighted by Crippen LogP contribution is 2.16. The lowest BCUT2D eigenvalue weighted by Gasteiger charge is -2.19. The van der Waals surface area contributed by atoms with E-state index in [-0.39, 0.29) is 0 Å². The minimum atomic E-state index is 0.581. The largest absolute Gasteiger partial charge is 0.319 e. The van der Waals surface area contributed by atoms with Crippen LogP contribution in [0.2, 0.25) is 0 Å². The summed E-state index contributed by atoms with van der Waals surface area (Å²) in [5.74, 6) is 1.31. The van der Waals surface area contributed by atoms with Crippen LogP contribution < -0.4 is 5.32 Å². The molecule has 0 amide bonds. The first-order valence-electron chi connectivity index (χ1n) is 6.95. The van der Waals surface area contributed by atoms with Gasteiger partial charge in [-0.3, -0.25) is 0 Å². The number of nitrogens with zero attached hydrogens (tertiary/aromatic N) is 1. The normalized spacial score (nSPS) is 13.3. The molecule has 0 saturated carbocycles. The monoisotopic (exact) mass is 248 g/mol. The summed E-state index contributed by atoms with van der Waals surface area (Å²) in [5.41, 5.74) is 2.82. The second-order valence-electron chi connectivity index (χ2n) is 5.79. The van der Waals surface area contributed by atoms with E-state index in [4.69, 9.17) is 0 Å². The first-order valence-corrected chi connectivity index (χ1v) is 6.95. The Hall–Kier alpha value is -0.860. The standard InChI is InChI=1S/C16H28N2/c1-13(2)11-18(5)12-15-6-8-16(9-7-15)14(3)10-17-4/h6-9,13-14,17H,10-12H2,1-5H3. The molecule has 1 unspecified atom stereocenters. The fourth-order valence-corrected chi connectivity index (χ4v) is 2.38. The Morgan fingerprint density at radius 2 is 1.72 bits per heavy atom. The number of benzene rings is 1. The van der Waals surface area contributed by atoms with Crippen molar-refractivity contribution >= 4 is 0 Å². The quantitative estimate of drug-likeness (QED) is 0.797. The molecule has 0 bridgehead atoms. The molecule has 18 heavy (non-hydrogen) atoms. The van der Waals surface area contributed by atoms with Gasteiger partial charge in [-0.15, -0.1) is 0 Å². The predicted octanol–water partition coefficient (Wildman–Crippen LogP) is 3.10. The van der Waals surface area contributed by atoms with Gasteiger partial charge in [-0.05, 0) is 37.1 Å². The Morgan fingerprint density at radius 3 is 2.22 bits per heavy atom. The molecule has 2 nitrogen and oxygen atoms in total. The van der Waals surface area contributed by atoms with Crippen LogP contribution in [0.1, 0.15) is 37.8 Å². The number of rotatable bonds is 7. The first kappa shape index (κ1) is 15.2. The van der Waals surface area contributed by atoms with Crippen LogP contribution in [-0.2, 0) is 6.54 Å². The van der Waals surface area contributed by atoms with Gasteiger partial charge in [-0.25, -0.2) is 0 Å². The molecule has 1 N–H and O–H groups in total. The van der Waals surface area contributed by atoms with Crippen LogP contribution in [0, 0.1) is 5.92 Å². The molecule has 1 rings (SSSR count). The molecule has 0 aliphatic heterocycles. The van der Waals surface area contributed by atoms with Crippen molar-refractivity contribution in [2.75, 3.05) is 27.2 Å². The maximum absolute atomic E-state index is 3.23. The summed E-state index contributed by atoms with van der Waals surface area (Å²) in [4.78, 5) is 2.39. The van der Waals surface area contributed by atoms with Crippen molar-refractivity contribution in [3.63, 3.8) is 0 Å². The van der Waals surface area contributed by atoms with E-state index in [9.17, 15) is 0 Å². The summed E-state index contributed by atoms with van der Waals surface area (Å²) in [6.45, 7) is 10.0. The SMILES string of the molecule is CNCC(C)c1ccc(CN(C)CC(C)C)cc1. The molecule has 0 saturated heterocycles. The average molecular weight is 248 g/mol. The second kappa shape index (κ2) is 7.55. The van der Waals surface area contributed by atoms with Crippen molar-refractivity contribution < 1.29 is 0 Å². The lowest BCUT2D eigenvalue weighted by molar-refractivity contribution is 0.288. The highest BCUT2D eigenvalue weighted by Gasteiger charge is 2.06. The Balaban J connectivity index is 2.54. The molecule has 0 radical (unpaired) electrons. The van der Waals surface area contributed by atoms with Gasteiger partial charge in [0.25, 0.3) is 0 Å². The van der Waals surface area contributed by atoms with E-state index in [1.54, 1.807) is 0 Å². The van der Waals surface area contributed by atoms with Crippen LogP contribution in [0.3, 0.4) is 0 Å². The Morgan fingerprint density at radius 1 is 1.11 bits per heavy atom. The smallest absolute Gasteiger partial charge is 0.0230 e.